The van der Waals surface area contributed by atoms with Crippen LogP contribution in [0.15, 0.2) is 30.5 Å². The zero-order valence-corrected chi connectivity index (χ0v) is 20.2. The molecule has 0 saturated carbocycles. The summed E-state index contributed by atoms with van der Waals surface area (Å²) in [6.07, 6.45) is 1.97. The average molecular weight is 447 g/mol. The van der Waals surface area contributed by atoms with Crippen molar-refractivity contribution in [2.24, 2.45) is 11.8 Å². The van der Waals surface area contributed by atoms with Crippen molar-refractivity contribution in [3.63, 3.8) is 0 Å². The van der Waals surface area contributed by atoms with E-state index in [0.717, 1.165) is 30.0 Å². The predicted octanol–water partition coefficient (Wildman–Crippen LogP) is 6.05. The van der Waals surface area contributed by atoms with Crippen molar-refractivity contribution < 1.29 is 9.53 Å². The van der Waals surface area contributed by atoms with Crippen LogP contribution in [-0.2, 0) is 9.53 Å². The van der Waals surface area contributed by atoms with Gasteiger partial charge in [0.25, 0.3) is 0 Å². The van der Waals surface area contributed by atoms with E-state index in [1.165, 1.54) is 0 Å². The molecule has 0 saturated heterocycles. The topological polar surface area (TPSA) is 67.3 Å². The Morgan fingerprint density at radius 2 is 1.81 bits per heavy atom. The van der Waals surface area contributed by atoms with Crippen molar-refractivity contribution in [2.45, 2.75) is 53.9 Å². The zero-order valence-electron chi connectivity index (χ0n) is 19.5. The second kappa shape index (κ2) is 11.9. The summed E-state index contributed by atoms with van der Waals surface area (Å²) >= 11 is 6.00. The van der Waals surface area contributed by atoms with Gasteiger partial charge < -0.3 is 15.0 Å². The van der Waals surface area contributed by atoms with Gasteiger partial charge in [0.05, 0.1) is 24.4 Å². The molecule has 170 valence electrons. The fourth-order valence-electron chi connectivity index (χ4n) is 3.52. The van der Waals surface area contributed by atoms with E-state index in [1.54, 1.807) is 12.3 Å². The summed E-state index contributed by atoms with van der Waals surface area (Å²) in [5.74, 6) is 1.51. The number of hydrogen-bond donors (Lipinski definition) is 1. The van der Waals surface area contributed by atoms with Crippen molar-refractivity contribution in [1.29, 1.82) is 0 Å². The third kappa shape index (κ3) is 8.02. The SMILES string of the molecule is CCOC(=O)CC(C)c1ccc(N(CC(C)C)CC(C)C)c(Nc2ccnc(Cl)n2)c1. The maximum absolute atomic E-state index is 12.0. The molecule has 2 aromatic rings. The summed E-state index contributed by atoms with van der Waals surface area (Å²) < 4.78 is 5.13. The molecule has 0 spiro atoms. The first-order valence-corrected chi connectivity index (χ1v) is 11.4. The first-order chi connectivity index (χ1) is 14.7. The van der Waals surface area contributed by atoms with Crippen LogP contribution in [0.4, 0.5) is 17.2 Å². The molecular formula is C24H35ClN4O2. The number of esters is 1. The van der Waals surface area contributed by atoms with Crippen LogP contribution in [0.1, 0.15) is 59.4 Å². The maximum atomic E-state index is 12.0. The van der Waals surface area contributed by atoms with Gasteiger partial charge in [-0.15, -0.1) is 0 Å². The Morgan fingerprint density at radius 1 is 1.13 bits per heavy atom. The Bertz CT molecular complexity index is 847. The first-order valence-electron chi connectivity index (χ1n) is 11.0. The number of ether oxygens (including phenoxy) is 1. The first kappa shape index (κ1) is 24.9. The van der Waals surface area contributed by atoms with E-state index in [9.17, 15) is 4.79 Å². The molecule has 0 bridgehead atoms. The van der Waals surface area contributed by atoms with Gasteiger partial charge in [-0.05, 0) is 60.0 Å². The minimum absolute atomic E-state index is 0.0336. The van der Waals surface area contributed by atoms with E-state index in [-0.39, 0.29) is 17.2 Å². The molecule has 2 rings (SSSR count). The summed E-state index contributed by atoms with van der Waals surface area (Å²) in [5.41, 5.74) is 3.10. The van der Waals surface area contributed by atoms with Crippen LogP contribution in [0.5, 0.6) is 0 Å². The standard InChI is InChI=1S/C24H35ClN4O2/c1-7-31-23(30)12-18(6)19-8-9-21(29(14-16(2)3)15-17(4)5)20(13-19)27-22-10-11-26-24(25)28-22/h8-11,13,16-18H,7,12,14-15H2,1-6H3,(H,26,27,28). The molecule has 1 atom stereocenters. The van der Waals surface area contributed by atoms with Crippen LogP contribution in [0.25, 0.3) is 0 Å². The quantitative estimate of drug-likeness (QED) is 0.334. The fourth-order valence-corrected chi connectivity index (χ4v) is 3.67. The summed E-state index contributed by atoms with van der Waals surface area (Å²) in [6.45, 7) is 15.0. The summed E-state index contributed by atoms with van der Waals surface area (Å²) in [7, 11) is 0. The highest BCUT2D eigenvalue weighted by molar-refractivity contribution is 6.28. The van der Waals surface area contributed by atoms with E-state index in [4.69, 9.17) is 16.3 Å². The minimum Gasteiger partial charge on any atom is -0.466 e. The average Bonchev–Trinajstić information content (AvgIpc) is 2.67. The molecule has 0 aliphatic heterocycles. The van der Waals surface area contributed by atoms with Gasteiger partial charge in [-0.3, -0.25) is 4.79 Å². The lowest BCUT2D eigenvalue weighted by Crippen LogP contribution is -2.31. The molecule has 1 heterocycles. The number of hydrogen-bond acceptors (Lipinski definition) is 6. The number of anilines is 3. The number of nitrogens with zero attached hydrogens (tertiary/aromatic N) is 3. The van der Waals surface area contributed by atoms with Crippen molar-refractivity contribution in [1.82, 2.24) is 9.97 Å². The Balaban J connectivity index is 2.43. The Labute approximate surface area is 191 Å². The van der Waals surface area contributed by atoms with Gasteiger partial charge in [-0.25, -0.2) is 9.97 Å². The van der Waals surface area contributed by atoms with E-state index in [2.05, 4.69) is 66.1 Å². The van der Waals surface area contributed by atoms with Gasteiger partial charge in [0.2, 0.25) is 5.28 Å². The molecule has 1 aromatic heterocycles. The molecular weight excluding hydrogens is 412 g/mol. The van der Waals surface area contributed by atoms with Gasteiger partial charge >= 0.3 is 5.97 Å². The summed E-state index contributed by atoms with van der Waals surface area (Å²) in [6, 6.07) is 8.13. The van der Waals surface area contributed by atoms with Gasteiger partial charge in [-0.1, -0.05) is 40.7 Å². The van der Waals surface area contributed by atoms with E-state index in [1.807, 2.05) is 13.8 Å². The van der Waals surface area contributed by atoms with E-state index < -0.39 is 0 Å². The molecule has 0 aliphatic carbocycles. The molecule has 1 unspecified atom stereocenters. The number of aromatic nitrogens is 2. The lowest BCUT2D eigenvalue weighted by molar-refractivity contribution is -0.143. The predicted molar refractivity (Wildman–Crippen MR) is 128 cm³/mol. The van der Waals surface area contributed by atoms with Gasteiger partial charge in [0.1, 0.15) is 5.82 Å². The third-order valence-electron chi connectivity index (χ3n) is 4.77. The Morgan fingerprint density at radius 3 is 2.39 bits per heavy atom. The Kier molecular flexibility index (Phi) is 9.56. The number of benzene rings is 1. The molecule has 0 fully saturated rings. The third-order valence-corrected chi connectivity index (χ3v) is 4.95. The monoisotopic (exact) mass is 446 g/mol. The summed E-state index contributed by atoms with van der Waals surface area (Å²) in [4.78, 5) is 22.6. The van der Waals surface area contributed by atoms with Gasteiger partial charge in [-0.2, -0.15) is 0 Å². The van der Waals surface area contributed by atoms with Crippen LogP contribution < -0.4 is 10.2 Å². The van der Waals surface area contributed by atoms with Crippen LogP contribution in [0, 0.1) is 11.8 Å². The van der Waals surface area contributed by atoms with E-state index >= 15 is 0 Å². The number of carbonyl (C=O) groups is 1. The second-order valence-electron chi connectivity index (χ2n) is 8.72. The summed E-state index contributed by atoms with van der Waals surface area (Å²) in [5, 5.41) is 3.61. The van der Waals surface area contributed by atoms with E-state index in [0.29, 0.717) is 30.7 Å². The second-order valence-corrected chi connectivity index (χ2v) is 9.05. The number of halogens is 1. The number of carbonyl (C=O) groups excluding carboxylic acids is 1. The molecule has 31 heavy (non-hydrogen) atoms. The Hall–Kier alpha value is -2.34. The number of rotatable bonds is 11. The smallest absolute Gasteiger partial charge is 0.306 e. The highest BCUT2D eigenvalue weighted by Gasteiger charge is 2.18. The number of nitrogens with one attached hydrogen (secondary N) is 1. The van der Waals surface area contributed by atoms with Crippen molar-refractivity contribution in [3.05, 3.63) is 41.3 Å². The van der Waals surface area contributed by atoms with Crippen LogP contribution in [0.2, 0.25) is 5.28 Å². The lowest BCUT2D eigenvalue weighted by atomic mass is 9.96. The maximum Gasteiger partial charge on any atom is 0.306 e. The van der Waals surface area contributed by atoms with Gasteiger partial charge in [0.15, 0.2) is 0 Å². The molecule has 0 radical (unpaired) electrons. The minimum atomic E-state index is -0.183. The lowest BCUT2D eigenvalue weighted by Gasteiger charge is -2.31. The van der Waals surface area contributed by atoms with Crippen LogP contribution in [-0.4, -0.2) is 35.6 Å². The highest BCUT2D eigenvalue weighted by Crippen LogP contribution is 2.34. The molecule has 0 amide bonds. The van der Waals surface area contributed by atoms with Crippen molar-refractivity contribution >= 4 is 34.8 Å². The van der Waals surface area contributed by atoms with Crippen molar-refractivity contribution in [3.8, 4) is 0 Å². The van der Waals surface area contributed by atoms with Crippen LogP contribution >= 0.6 is 11.6 Å². The fraction of sp³-hybridized carbons (Fsp3) is 0.542. The normalized spacial score (nSPS) is 12.2. The van der Waals surface area contributed by atoms with Gasteiger partial charge in [0, 0.05) is 19.3 Å². The molecule has 7 heteroatoms. The molecule has 6 nitrogen and oxygen atoms in total. The molecule has 0 aliphatic rings. The van der Waals surface area contributed by atoms with Crippen LogP contribution in [0.3, 0.4) is 0 Å². The largest absolute Gasteiger partial charge is 0.466 e. The molecule has 1 aromatic carbocycles. The van der Waals surface area contributed by atoms with Crippen molar-refractivity contribution in [2.75, 3.05) is 29.9 Å². The highest BCUT2D eigenvalue weighted by atomic mass is 35.5. The zero-order chi connectivity index (χ0) is 23.0. The molecule has 1 N–H and O–H groups in total.